The van der Waals surface area contributed by atoms with Crippen LogP contribution in [-0.2, 0) is 16.0 Å². The Morgan fingerprint density at radius 3 is 2.75 bits per heavy atom. The van der Waals surface area contributed by atoms with Crippen molar-refractivity contribution in [2.75, 3.05) is 12.8 Å². The second-order valence-corrected chi connectivity index (χ2v) is 3.02. The summed E-state index contributed by atoms with van der Waals surface area (Å²) in [5.74, 6) is -1.08. The second kappa shape index (κ2) is 4.73. The molecule has 0 aliphatic heterocycles. The predicted octanol–water partition coefficient (Wildman–Crippen LogP) is 0.610. The molecule has 0 bridgehead atoms. The van der Waals surface area contributed by atoms with Crippen molar-refractivity contribution in [2.24, 2.45) is 0 Å². The van der Waals surface area contributed by atoms with Crippen LogP contribution in [-0.4, -0.2) is 18.1 Å². The molecule has 0 radical (unpaired) electrons. The van der Waals surface area contributed by atoms with Crippen molar-refractivity contribution in [1.82, 2.24) is 4.98 Å². The summed E-state index contributed by atoms with van der Waals surface area (Å²) < 4.78 is 29.3. The third-order valence-corrected chi connectivity index (χ3v) is 2.01. The quantitative estimate of drug-likeness (QED) is 0.747. The van der Waals surface area contributed by atoms with Gasteiger partial charge in [-0.25, -0.2) is 8.78 Å². The third kappa shape index (κ3) is 2.36. The first-order valence-electron chi connectivity index (χ1n) is 4.32. The minimum Gasteiger partial charge on any atom is -0.469 e. The van der Waals surface area contributed by atoms with Crippen molar-refractivity contribution in [3.63, 3.8) is 0 Å². The summed E-state index contributed by atoms with van der Waals surface area (Å²) in [5, 5.41) is 0. The molecule has 3 N–H and O–H groups in total. The number of esters is 1. The summed E-state index contributed by atoms with van der Waals surface area (Å²) in [6.45, 7) is 0. The van der Waals surface area contributed by atoms with Crippen LogP contribution in [0.1, 0.15) is 17.6 Å². The van der Waals surface area contributed by atoms with Gasteiger partial charge in [0.1, 0.15) is 11.4 Å². The number of ether oxygens (including phenoxy) is 1. The van der Waals surface area contributed by atoms with E-state index in [9.17, 15) is 18.4 Å². The molecule has 88 valence electrons. The van der Waals surface area contributed by atoms with Gasteiger partial charge in [0, 0.05) is 11.8 Å². The first-order chi connectivity index (χ1) is 7.47. The number of rotatable bonds is 3. The van der Waals surface area contributed by atoms with E-state index in [1.807, 2.05) is 0 Å². The Balaban J connectivity index is 3.19. The van der Waals surface area contributed by atoms with Gasteiger partial charge in [-0.3, -0.25) is 9.59 Å². The van der Waals surface area contributed by atoms with Crippen LogP contribution in [0.25, 0.3) is 0 Å². The molecule has 0 fully saturated rings. The van der Waals surface area contributed by atoms with Gasteiger partial charge in [0.25, 0.3) is 6.43 Å². The molecule has 0 amide bonds. The summed E-state index contributed by atoms with van der Waals surface area (Å²) in [4.78, 5) is 24.7. The molecule has 1 aromatic heterocycles. The molecule has 0 saturated heterocycles. The molecular weight excluding hydrogens is 222 g/mol. The van der Waals surface area contributed by atoms with Crippen molar-refractivity contribution in [3.05, 3.63) is 27.5 Å². The van der Waals surface area contributed by atoms with Crippen LogP contribution in [0.5, 0.6) is 0 Å². The maximum absolute atomic E-state index is 12.5. The molecule has 0 saturated carbocycles. The molecule has 0 unspecified atom stereocenters. The van der Waals surface area contributed by atoms with E-state index in [1.54, 1.807) is 0 Å². The van der Waals surface area contributed by atoms with E-state index in [-0.39, 0.29) is 12.0 Å². The Bertz CT molecular complexity index is 457. The van der Waals surface area contributed by atoms with Crippen LogP contribution in [0, 0.1) is 0 Å². The van der Waals surface area contributed by atoms with Gasteiger partial charge in [-0.15, -0.1) is 0 Å². The summed E-state index contributed by atoms with van der Waals surface area (Å²) in [6.07, 6.45) is -2.23. The lowest BCUT2D eigenvalue weighted by Gasteiger charge is -2.06. The number of aromatic amines is 1. The van der Waals surface area contributed by atoms with Crippen LogP contribution in [0.3, 0.4) is 0 Å². The molecule has 1 rings (SSSR count). The number of hydrogen-bond acceptors (Lipinski definition) is 4. The summed E-state index contributed by atoms with van der Waals surface area (Å²) >= 11 is 0. The van der Waals surface area contributed by atoms with Gasteiger partial charge in [0.15, 0.2) is 5.43 Å². The Morgan fingerprint density at radius 1 is 1.62 bits per heavy atom. The third-order valence-electron chi connectivity index (χ3n) is 2.01. The number of nitrogens with two attached hydrogens (primary N) is 1. The zero-order chi connectivity index (χ0) is 12.3. The van der Waals surface area contributed by atoms with Crippen molar-refractivity contribution < 1.29 is 18.3 Å². The number of pyridine rings is 1. The van der Waals surface area contributed by atoms with Crippen molar-refractivity contribution in [1.29, 1.82) is 0 Å². The summed E-state index contributed by atoms with van der Waals surface area (Å²) in [6, 6.07) is 0. The van der Waals surface area contributed by atoms with Crippen LogP contribution in [0.15, 0.2) is 11.0 Å². The van der Waals surface area contributed by atoms with Gasteiger partial charge in [-0.2, -0.15) is 0 Å². The molecule has 1 heterocycles. The number of alkyl halides is 2. The lowest BCUT2D eigenvalue weighted by atomic mass is 10.1. The van der Waals surface area contributed by atoms with Gasteiger partial charge >= 0.3 is 5.97 Å². The Kier molecular flexibility index (Phi) is 3.60. The largest absolute Gasteiger partial charge is 0.469 e. The monoisotopic (exact) mass is 232 g/mol. The SMILES string of the molecule is COC(=O)Cc1c[nH]c(N)c(C(F)F)c1=O. The molecule has 16 heavy (non-hydrogen) atoms. The van der Waals surface area contributed by atoms with Gasteiger partial charge in [-0.1, -0.05) is 0 Å². The average molecular weight is 232 g/mol. The average Bonchev–Trinajstić information content (AvgIpc) is 2.21. The number of anilines is 1. The van der Waals surface area contributed by atoms with Crippen LogP contribution >= 0.6 is 0 Å². The number of hydrogen-bond donors (Lipinski definition) is 2. The molecule has 0 atom stereocenters. The lowest BCUT2D eigenvalue weighted by Crippen LogP contribution is -2.21. The van der Waals surface area contributed by atoms with Crippen LogP contribution in [0.4, 0.5) is 14.6 Å². The van der Waals surface area contributed by atoms with Crippen LogP contribution < -0.4 is 11.2 Å². The Morgan fingerprint density at radius 2 is 2.25 bits per heavy atom. The number of halogens is 2. The van der Waals surface area contributed by atoms with Gasteiger partial charge < -0.3 is 15.5 Å². The van der Waals surface area contributed by atoms with E-state index in [0.717, 1.165) is 13.3 Å². The molecule has 0 spiro atoms. The molecule has 5 nitrogen and oxygen atoms in total. The molecule has 7 heteroatoms. The number of H-pyrrole nitrogens is 1. The number of methoxy groups -OCH3 is 1. The normalized spacial score (nSPS) is 10.5. The standard InChI is InChI=1S/C9H10F2N2O3/c1-16-5(14)2-4-3-13-9(12)6(7(4)15)8(10)11/h3,8H,2H2,1H3,(H3,12,13,15). The van der Waals surface area contributed by atoms with Gasteiger partial charge in [0.05, 0.1) is 13.5 Å². The van der Waals surface area contributed by atoms with Gasteiger partial charge in [-0.05, 0) is 0 Å². The highest BCUT2D eigenvalue weighted by atomic mass is 19.3. The Labute approximate surface area is 89.2 Å². The number of carbonyl (C=O) groups excluding carboxylic acids is 1. The predicted molar refractivity (Wildman–Crippen MR) is 52.2 cm³/mol. The van der Waals surface area contributed by atoms with Crippen molar-refractivity contribution >= 4 is 11.8 Å². The highest BCUT2D eigenvalue weighted by Gasteiger charge is 2.19. The molecule has 1 aromatic rings. The molecule has 0 aromatic carbocycles. The first kappa shape index (κ1) is 12.2. The maximum atomic E-state index is 12.5. The fraction of sp³-hybridized carbons (Fsp3) is 0.333. The molecule has 0 aliphatic rings. The van der Waals surface area contributed by atoms with Crippen molar-refractivity contribution in [2.45, 2.75) is 12.8 Å². The van der Waals surface area contributed by atoms with E-state index < -0.39 is 29.2 Å². The number of nitrogens with one attached hydrogen (secondary N) is 1. The first-order valence-corrected chi connectivity index (χ1v) is 4.32. The van der Waals surface area contributed by atoms with Gasteiger partial charge in [0.2, 0.25) is 0 Å². The summed E-state index contributed by atoms with van der Waals surface area (Å²) in [7, 11) is 1.14. The minimum absolute atomic E-state index is 0.101. The van der Waals surface area contributed by atoms with E-state index in [0.29, 0.717) is 0 Å². The van der Waals surface area contributed by atoms with E-state index in [1.165, 1.54) is 0 Å². The van der Waals surface area contributed by atoms with E-state index in [2.05, 4.69) is 9.72 Å². The fourth-order valence-corrected chi connectivity index (χ4v) is 1.18. The smallest absolute Gasteiger partial charge is 0.310 e. The highest BCUT2D eigenvalue weighted by molar-refractivity contribution is 5.72. The zero-order valence-corrected chi connectivity index (χ0v) is 8.42. The highest BCUT2D eigenvalue weighted by Crippen LogP contribution is 2.19. The number of carbonyl (C=O) groups is 1. The number of nitrogen functional groups attached to an aromatic ring is 1. The second-order valence-electron chi connectivity index (χ2n) is 3.02. The topological polar surface area (TPSA) is 85.2 Å². The van der Waals surface area contributed by atoms with Crippen molar-refractivity contribution in [3.8, 4) is 0 Å². The lowest BCUT2D eigenvalue weighted by molar-refractivity contribution is -0.139. The van der Waals surface area contributed by atoms with E-state index in [4.69, 9.17) is 5.73 Å². The number of aromatic nitrogens is 1. The maximum Gasteiger partial charge on any atom is 0.310 e. The molecule has 0 aliphatic carbocycles. The zero-order valence-electron chi connectivity index (χ0n) is 8.42. The van der Waals surface area contributed by atoms with Crippen LogP contribution in [0.2, 0.25) is 0 Å². The fourth-order valence-electron chi connectivity index (χ4n) is 1.18. The Hall–Kier alpha value is -1.92. The molecular formula is C9H10F2N2O3. The summed E-state index contributed by atoms with van der Waals surface area (Å²) in [5.41, 5.74) is 3.35. The minimum atomic E-state index is -2.98. The van der Waals surface area contributed by atoms with E-state index >= 15 is 0 Å².